The number of nitrogens with two attached hydrogens (primary N) is 1. The molecule has 1 rings (SSSR count). The summed E-state index contributed by atoms with van der Waals surface area (Å²) in [4.78, 5) is 11.6. The highest BCUT2D eigenvalue weighted by Crippen LogP contribution is 2.30. The van der Waals surface area contributed by atoms with Gasteiger partial charge in [0.2, 0.25) is 5.91 Å². The number of amides is 1. The van der Waals surface area contributed by atoms with E-state index in [-0.39, 0.29) is 5.91 Å². The van der Waals surface area contributed by atoms with Crippen molar-refractivity contribution in [1.82, 2.24) is 5.32 Å². The normalized spacial score (nSPS) is 20.5. The Kier molecular flexibility index (Phi) is 11.0. The van der Waals surface area contributed by atoms with Crippen molar-refractivity contribution >= 4 is 5.91 Å². The molecule has 0 radical (unpaired) electrons. The van der Waals surface area contributed by atoms with Crippen LogP contribution in [0.15, 0.2) is 12.2 Å². The summed E-state index contributed by atoms with van der Waals surface area (Å²) in [5, 5.41) is 2.95. The maximum absolute atomic E-state index is 11.6. The van der Waals surface area contributed by atoms with Crippen LogP contribution in [0.3, 0.4) is 0 Å². The lowest BCUT2D eigenvalue weighted by atomic mass is 10.1. The van der Waals surface area contributed by atoms with Crippen LogP contribution in [0.2, 0.25) is 0 Å². The first-order valence-corrected chi connectivity index (χ1v) is 9.05. The van der Waals surface area contributed by atoms with E-state index in [2.05, 4.69) is 18.3 Å². The highest BCUT2D eigenvalue weighted by Gasteiger charge is 2.36. The fraction of sp³-hybridized carbons (Fsp3) is 0.833. The molecule has 0 spiro atoms. The average Bonchev–Trinajstić information content (AvgIpc) is 3.26. The van der Waals surface area contributed by atoms with Gasteiger partial charge in [-0.1, -0.05) is 51.2 Å². The first-order chi connectivity index (χ1) is 10.8. The van der Waals surface area contributed by atoms with E-state index in [4.69, 9.17) is 10.5 Å². The second kappa shape index (κ2) is 12.7. The maximum atomic E-state index is 11.6. The second-order valence-electron chi connectivity index (χ2n) is 6.17. The van der Waals surface area contributed by atoms with Gasteiger partial charge in [-0.25, -0.2) is 0 Å². The Morgan fingerprint density at radius 2 is 1.91 bits per heavy atom. The number of epoxide rings is 1. The van der Waals surface area contributed by atoms with E-state index < -0.39 is 0 Å². The van der Waals surface area contributed by atoms with Crippen molar-refractivity contribution < 1.29 is 9.53 Å². The van der Waals surface area contributed by atoms with E-state index in [1.165, 1.54) is 25.7 Å². The van der Waals surface area contributed by atoms with Gasteiger partial charge < -0.3 is 15.8 Å². The molecular formula is C18H34N2O2. The monoisotopic (exact) mass is 310 g/mol. The van der Waals surface area contributed by atoms with Crippen LogP contribution in [0.1, 0.15) is 71.1 Å². The zero-order chi connectivity index (χ0) is 16.0. The smallest absolute Gasteiger partial charge is 0.223 e. The molecule has 0 aromatic carbocycles. The molecule has 0 bridgehead atoms. The van der Waals surface area contributed by atoms with Gasteiger partial charge in [0.1, 0.15) is 0 Å². The molecule has 1 saturated heterocycles. The van der Waals surface area contributed by atoms with Crippen LogP contribution in [-0.4, -0.2) is 31.2 Å². The molecule has 128 valence electrons. The minimum absolute atomic E-state index is 0.117. The van der Waals surface area contributed by atoms with Gasteiger partial charge in [-0.3, -0.25) is 4.79 Å². The fourth-order valence-electron chi connectivity index (χ4n) is 2.58. The minimum atomic E-state index is 0.117. The van der Waals surface area contributed by atoms with E-state index >= 15 is 0 Å². The highest BCUT2D eigenvalue weighted by atomic mass is 16.6. The van der Waals surface area contributed by atoms with Gasteiger partial charge in [0.05, 0.1) is 12.2 Å². The zero-order valence-corrected chi connectivity index (χ0v) is 14.2. The Morgan fingerprint density at radius 3 is 2.68 bits per heavy atom. The number of nitrogens with one attached hydrogen (secondary N) is 1. The van der Waals surface area contributed by atoms with Gasteiger partial charge in [-0.15, -0.1) is 0 Å². The average molecular weight is 310 g/mol. The molecule has 0 aliphatic carbocycles. The summed E-state index contributed by atoms with van der Waals surface area (Å²) in [6, 6.07) is 0. The molecule has 1 aliphatic rings. The molecule has 2 unspecified atom stereocenters. The Morgan fingerprint density at radius 1 is 1.09 bits per heavy atom. The quantitative estimate of drug-likeness (QED) is 0.294. The van der Waals surface area contributed by atoms with Crippen molar-refractivity contribution in [3.63, 3.8) is 0 Å². The van der Waals surface area contributed by atoms with Crippen LogP contribution in [0.5, 0.6) is 0 Å². The number of hydrogen-bond donors (Lipinski definition) is 2. The highest BCUT2D eigenvalue weighted by molar-refractivity contribution is 5.77. The lowest BCUT2D eigenvalue weighted by Gasteiger charge is -2.03. The SMILES string of the molecule is CCCCCC1OC1CC=CCC(=O)NCCCCCCN. The van der Waals surface area contributed by atoms with E-state index in [9.17, 15) is 4.79 Å². The minimum Gasteiger partial charge on any atom is -0.369 e. The Balaban J connectivity index is 1.90. The third-order valence-electron chi connectivity index (χ3n) is 4.07. The third kappa shape index (κ3) is 9.96. The first-order valence-electron chi connectivity index (χ1n) is 9.05. The lowest BCUT2D eigenvalue weighted by Crippen LogP contribution is -2.23. The molecule has 4 heteroatoms. The molecule has 0 aromatic heterocycles. The fourth-order valence-corrected chi connectivity index (χ4v) is 2.58. The molecule has 1 heterocycles. The predicted octanol–water partition coefficient (Wildman–Crippen LogP) is 3.31. The first kappa shape index (κ1) is 19.2. The van der Waals surface area contributed by atoms with Crippen LogP contribution >= 0.6 is 0 Å². The molecule has 0 saturated carbocycles. The van der Waals surface area contributed by atoms with Gasteiger partial charge in [-0.2, -0.15) is 0 Å². The summed E-state index contributed by atoms with van der Waals surface area (Å²) < 4.78 is 5.62. The number of ether oxygens (including phenoxy) is 1. The van der Waals surface area contributed by atoms with Gasteiger partial charge in [0.15, 0.2) is 0 Å². The van der Waals surface area contributed by atoms with Crippen molar-refractivity contribution in [2.24, 2.45) is 5.73 Å². The molecule has 1 aliphatic heterocycles. The molecule has 2 atom stereocenters. The summed E-state index contributed by atoms with van der Waals surface area (Å²) in [6.45, 7) is 3.77. The molecule has 1 fully saturated rings. The van der Waals surface area contributed by atoms with Crippen LogP contribution < -0.4 is 11.1 Å². The molecule has 4 nitrogen and oxygen atoms in total. The van der Waals surface area contributed by atoms with E-state index in [1.54, 1.807) is 0 Å². The van der Waals surface area contributed by atoms with Gasteiger partial charge in [-0.05, 0) is 32.2 Å². The van der Waals surface area contributed by atoms with E-state index in [0.717, 1.165) is 45.2 Å². The topological polar surface area (TPSA) is 67.7 Å². The van der Waals surface area contributed by atoms with E-state index in [0.29, 0.717) is 18.6 Å². The van der Waals surface area contributed by atoms with E-state index in [1.807, 2.05) is 6.08 Å². The van der Waals surface area contributed by atoms with Gasteiger partial charge in [0, 0.05) is 13.0 Å². The molecule has 3 N–H and O–H groups in total. The maximum Gasteiger partial charge on any atom is 0.223 e. The van der Waals surface area contributed by atoms with Crippen molar-refractivity contribution in [3.05, 3.63) is 12.2 Å². The Hall–Kier alpha value is -0.870. The number of rotatable bonds is 14. The van der Waals surface area contributed by atoms with Crippen LogP contribution in [0.4, 0.5) is 0 Å². The lowest BCUT2D eigenvalue weighted by molar-refractivity contribution is -0.120. The molecule has 22 heavy (non-hydrogen) atoms. The van der Waals surface area contributed by atoms with Crippen LogP contribution in [0, 0.1) is 0 Å². The van der Waals surface area contributed by atoms with Crippen molar-refractivity contribution in [2.45, 2.75) is 83.3 Å². The van der Waals surface area contributed by atoms with Crippen molar-refractivity contribution in [2.75, 3.05) is 13.1 Å². The summed E-state index contributed by atoms with van der Waals surface area (Å²) in [6.07, 6.45) is 15.8. The second-order valence-corrected chi connectivity index (χ2v) is 6.17. The standard InChI is InChI=1S/C18H34N2O2/c1-2-3-6-11-16-17(22-16)12-7-8-13-18(21)20-15-10-5-4-9-14-19/h7-8,16-17H,2-6,9-15,19H2,1H3,(H,20,21). The van der Waals surface area contributed by atoms with Gasteiger partial charge >= 0.3 is 0 Å². The number of hydrogen-bond acceptors (Lipinski definition) is 3. The number of carbonyl (C=O) groups excluding carboxylic acids is 1. The number of unbranched alkanes of at least 4 members (excludes halogenated alkanes) is 5. The summed E-state index contributed by atoms with van der Waals surface area (Å²) in [5.41, 5.74) is 5.44. The Labute approximate surface area is 135 Å². The summed E-state index contributed by atoms with van der Waals surface area (Å²) in [7, 11) is 0. The van der Waals surface area contributed by atoms with Crippen LogP contribution in [0.25, 0.3) is 0 Å². The zero-order valence-electron chi connectivity index (χ0n) is 14.2. The van der Waals surface area contributed by atoms with Crippen molar-refractivity contribution in [3.8, 4) is 0 Å². The molecule has 0 aromatic rings. The van der Waals surface area contributed by atoms with Crippen LogP contribution in [-0.2, 0) is 9.53 Å². The molecular weight excluding hydrogens is 276 g/mol. The summed E-state index contributed by atoms with van der Waals surface area (Å²) >= 11 is 0. The third-order valence-corrected chi connectivity index (χ3v) is 4.07. The predicted molar refractivity (Wildman–Crippen MR) is 91.7 cm³/mol. The Bertz CT molecular complexity index is 318. The largest absolute Gasteiger partial charge is 0.369 e. The molecule has 1 amide bonds. The summed E-state index contributed by atoms with van der Waals surface area (Å²) in [5.74, 6) is 0.117. The van der Waals surface area contributed by atoms with Gasteiger partial charge in [0.25, 0.3) is 0 Å². The number of carbonyl (C=O) groups is 1. The van der Waals surface area contributed by atoms with Crippen molar-refractivity contribution in [1.29, 1.82) is 0 Å².